The second-order valence-corrected chi connectivity index (χ2v) is 0. The minimum atomic E-state index is 0. The molecule has 0 aliphatic heterocycles. The van der Waals surface area contributed by atoms with Crippen molar-refractivity contribution in [3.05, 3.63) is 0 Å². The quantitative estimate of drug-likeness (QED) is 0.384. The van der Waals surface area contributed by atoms with Gasteiger partial charge in [-0.3, -0.25) is 0 Å². The van der Waals surface area contributed by atoms with Crippen LogP contribution in [-0.2, 0) is 27.5 Å². The first kappa shape index (κ1) is 16.0. The molecule has 0 aliphatic carbocycles. The molecule has 0 aliphatic rings. The van der Waals surface area contributed by atoms with E-state index in [9.17, 15) is 0 Å². The van der Waals surface area contributed by atoms with Crippen LogP contribution in [0.15, 0.2) is 0 Å². The van der Waals surface area contributed by atoms with Crippen molar-refractivity contribution in [3.63, 3.8) is 0 Å². The fourth-order valence-electron chi connectivity index (χ4n) is 0. The van der Waals surface area contributed by atoms with Gasteiger partial charge in [0, 0.05) is 0 Å². The zero-order valence-electron chi connectivity index (χ0n) is 0.908. The van der Waals surface area contributed by atoms with Gasteiger partial charge in [0.1, 0.15) is 0 Å². The number of hydrogen-bond acceptors (Lipinski definition) is 1. The Morgan fingerprint density at radius 2 is 1.25 bits per heavy atom. The summed E-state index contributed by atoms with van der Waals surface area (Å²) in [6.45, 7) is 0. The van der Waals surface area contributed by atoms with Crippen LogP contribution in [0.1, 0.15) is 0 Å². The fourth-order valence-corrected chi connectivity index (χ4v) is 0. The van der Waals surface area contributed by atoms with Gasteiger partial charge >= 0.3 is 84.1 Å². The van der Waals surface area contributed by atoms with Crippen LogP contribution in [0.4, 0.5) is 0 Å². The molecule has 0 aromatic rings. The van der Waals surface area contributed by atoms with Crippen molar-refractivity contribution in [2.45, 2.75) is 0 Å². The predicted octanol–water partition coefficient (Wildman–Crippen LogP) is -1.69. The first-order chi connectivity index (χ1) is 1.00. The third-order valence-corrected chi connectivity index (χ3v) is 0. The van der Waals surface area contributed by atoms with Crippen LogP contribution in [0.25, 0.3) is 0 Å². The monoisotopic (exact) mass is 156 g/mol. The molecule has 0 aromatic heterocycles. The number of hydrogen-bond donors (Lipinski definition) is 0. The zero-order valence-corrected chi connectivity index (χ0v) is 3.37. The Morgan fingerprint density at radius 1 is 1.25 bits per heavy atom. The molecule has 16 valence electrons. The molecular weight excluding hydrogens is 154 g/mol. The van der Waals surface area contributed by atoms with Crippen LogP contribution in [-0.4, -0.2) is 56.6 Å². The summed E-state index contributed by atoms with van der Waals surface area (Å²) in [7, 11) is 0. The number of rotatable bonds is 0. The maximum absolute atomic E-state index is 8.34. The van der Waals surface area contributed by atoms with Gasteiger partial charge in [0.05, 0.1) is 0 Å². The standard InChI is InChI=1S/Ca.Li.O.Zr.3H. The van der Waals surface area contributed by atoms with Crippen LogP contribution in [0, 0.1) is 0 Å². The normalized spacial score (nSPS) is 0.750. The van der Waals surface area contributed by atoms with Crippen molar-refractivity contribution in [1.29, 1.82) is 0 Å². The summed E-state index contributed by atoms with van der Waals surface area (Å²) >= 11 is 0.300. The summed E-state index contributed by atoms with van der Waals surface area (Å²) in [6.07, 6.45) is 0. The van der Waals surface area contributed by atoms with Crippen molar-refractivity contribution in [3.8, 4) is 0 Å². The molecule has 0 rings (SSSR count). The Hall–Kier alpha value is 2.54. The molecule has 0 bridgehead atoms. The van der Waals surface area contributed by atoms with Crippen LogP contribution < -0.4 is 0 Å². The van der Waals surface area contributed by atoms with Crippen molar-refractivity contribution in [2.24, 2.45) is 0 Å². The Morgan fingerprint density at radius 3 is 1.25 bits per heavy atom. The first-order valence-electron chi connectivity index (χ1n) is 0.204. The van der Waals surface area contributed by atoms with Gasteiger partial charge in [-0.15, -0.1) is 0 Å². The Bertz CT molecular complexity index is 8.00. The molecule has 4 heteroatoms. The molecule has 0 aromatic carbocycles. The zero-order chi connectivity index (χ0) is 2.00. The second-order valence-electron chi connectivity index (χ2n) is 0. The van der Waals surface area contributed by atoms with Crippen molar-refractivity contribution < 1.29 is 27.5 Å². The third-order valence-electron chi connectivity index (χ3n) is 0. The van der Waals surface area contributed by atoms with E-state index in [0.29, 0.717) is 24.7 Å². The summed E-state index contributed by atoms with van der Waals surface area (Å²) in [5.74, 6) is 0. The van der Waals surface area contributed by atoms with E-state index in [1.165, 1.54) is 0 Å². The SMILES string of the molecule is [CaH2].[LiH].[O]=[Zr]. The van der Waals surface area contributed by atoms with Gasteiger partial charge in [0.2, 0.25) is 0 Å². The van der Waals surface area contributed by atoms with Crippen LogP contribution >= 0.6 is 0 Å². The van der Waals surface area contributed by atoms with Gasteiger partial charge in [0.15, 0.2) is 0 Å². The molecule has 0 saturated carbocycles. The van der Waals surface area contributed by atoms with E-state index >= 15 is 0 Å². The molecule has 0 spiro atoms. The molecule has 0 amide bonds. The van der Waals surface area contributed by atoms with Gasteiger partial charge in [0.25, 0.3) is 0 Å². The van der Waals surface area contributed by atoms with Crippen molar-refractivity contribution >= 4 is 56.6 Å². The van der Waals surface area contributed by atoms with Crippen molar-refractivity contribution in [2.75, 3.05) is 0 Å². The van der Waals surface area contributed by atoms with Crippen LogP contribution in [0.3, 0.4) is 0 Å². The summed E-state index contributed by atoms with van der Waals surface area (Å²) in [4.78, 5) is 0. The van der Waals surface area contributed by atoms with Gasteiger partial charge < -0.3 is 0 Å². The molecule has 0 unspecified atom stereocenters. The Labute approximate surface area is 82.4 Å². The molecule has 0 atom stereocenters. The summed E-state index contributed by atoms with van der Waals surface area (Å²) in [5, 5.41) is 0. The van der Waals surface area contributed by atoms with E-state index in [-0.39, 0.29) is 56.6 Å². The minimum absolute atomic E-state index is 0. The van der Waals surface area contributed by atoms with Crippen LogP contribution in [0.2, 0.25) is 0 Å². The topological polar surface area (TPSA) is 17.1 Å². The maximum atomic E-state index is 8.34. The molecule has 1 nitrogen and oxygen atoms in total. The molecule has 0 saturated heterocycles. The van der Waals surface area contributed by atoms with Crippen LogP contribution in [0.5, 0.6) is 0 Å². The average molecular weight is 157 g/mol. The fraction of sp³-hybridized carbons (Fsp3) is 0. The van der Waals surface area contributed by atoms with E-state index in [4.69, 9.17) is 2.81 Å². The summed E-state index contributed by atoms with van der Waals surface area (Å²) < 4.78 is 8.34. The van der Waals surface area contributed by atoms with Crippen molar-refractivity contribution in [1.82, 2.24) is 0 Å². The molecule has 0 heterocycles. The van der Waals surface area contributed by atoms with E-state index in [1.807, 2.05) is 0 Å². The molecular formula is H3CaLiOZr. The van der Waals surface area contributed by atoms with Gasteiger partial charge in [-0.05, 0) is 0 Å². The molecule has 0 fully saturated rings. The average Bonchev–Trinajstić information content (AvgIpc) is 1.00. The van der Waals surface area contributed by atoms with E-state index in [1.54, 1.807) is 0 Å². The summed E-state index contributed by atoms with van der Waals surface area (Å²) in [5.41, 5.74) is 0. The van der Waals surface area contributed by atoms with E-state index < -0.39 is 0 Å². The van der Waals surface area contributed by atoms with Gasteiger partial charge in [-0.25, -0.2) is 0 Å². The Kier molecular flexibility index (Phi) is 70.9. The van der Waals surface area contributed by atoms with E-state index in [2.05, 4.69) is 0 Å². The summed E-state index contributed by atoms with van der Waals surface area (Å²) in [6, 6.07) is 0. The Balaban J connectivity index is -0.00000000500. The third kappa shape index (κ3) is 8.82. The van der Waals surface area contributed by atoms with E-state index in [0.717, 1.165) is 0 Å². The molecule has 0 N–H and O–H groups in total. The van der Waals surface area contributed by atoms with Gasteiger partial charge in [-0.2, -0.15) is 0 Å². The molecule has 0 radical (unpaired) electrons. The first-order valence-corrected chi connectivity index (χ1v) is 1.21. The second kappa shape index (κ2) is 17.7. The molecule has 4 heavy (non-hydrogen) atoms. The predicted molar refractivity (Wildman–Crippen MR) is 16.4 cm³/mol. The van der Waals surface area contributed by atoms with Gasteiger partial charge in [-0.1, -0.05) is 0 Å².